The van der Waals surface area contributed by atoms with Crippen molar-refractivity contribution in [1.82, 2.24) is 10.3 Å². The zero-order valence-corrected chi connectivity index (χ0v) is 12.2. The van der Waals surface area contributed by atoms with Crippen LogP contribution in [0.4, 0.5) is 5.82 Å². The van der Waals surface area contributed by atoms with E-state index >= 15 is 0 Å². The van der Waals surface area contributed by atoms with Crippen LogP contribution in [-0.2, 0) is 4.74 Å². The number of anilines is 1. The standard InChI is InChI=1S/C15H22N4O/c1-12-5-6-13(10-16)15(18-12)19(8-9-20-2)11-14-4-3-7-17-14/h5-6,14,17H,3-4,7-9,11H2,1-2H3. The van der Waals surface area contributed by atoms with Crippen LogP contribution in [0.3, 0.4) is 0 Å². The van der Waals surface area contributed by atoms with Gasteiger partial charge in [0, 0.05) is 31.9 Å². The van der Waals surface area contributed by atoms with Crippen molar-refractivity contribution in [3.05, 3.63) is 23.4 Å². The third-order valence-corrected chi connectivity index (χ3v) is 3.60. The highest BCUT2D eigenvalue weighted by Gasteiger charge is 2.20. The summed E-state index contributed by atoms with van der Waals surface area (Å²) >= 11 is 0. The topological polar surface area (TPSA) is 61.2 Å². The van der Waals surface area contributed by atoms with E-state index in [0.29, 0.717) is 18.2 Å². The number of methoxy groups -OCH3 is 1. The molecule has 20 heavy (non-hydrogen) atoms. The van der Waals surface area contributed by atoms with Gasteiger partial charge in [-0.05, 0) is 38.4 Å². The van der Waals surface area contributed by atoms with Gasteiger partial charge >= 0.3 is 0 Å². The number of nitrogens with zero attached hydrogens (tertiary/aromatic N) is 3. The molecule has 1 aliphatic heterocycles. The van der Waals surface area contributed by atoms with Crippen LogP contribution in [0.1, 0.15) is 24.1 Å². The van der Waals surface area contributed by atoms with Crippen LogP contribution in [-0.4, -0.2) is 44.4 Å². The summed E-state index contributed by atoms with van der Waals surface area (Å²) < 4.78 is 5.19. The van der Waals surface area contributed by atoms with Crippen molar-refractivity contribution >= 4 is 5.82 Å². The zero-order valence-electron chi connectivity index (χ0n) is 12.2. The fraction of sp³-hybridized carbons (Fsp3) is 0.600. The molecule has 5 nitrogen and oxygen atoms in total. The Morgan fingerprint density at radius 3 is 3.05 bits per heavy atom. The molecule has 1 unspecified atom stereocenters. The average molecular weight is 274 g/mol. The Hall–Kier alpha value is -1.64. The van der Waals surface area contributed by atoms with Gasteiger partial charge in [-0.1, -0.05) is 0 Å². The van der Waals surface area contributed by atoms with Crippen LogP contribution in [0.5, 0.6) is 0 Å². The molecule has 1 N–H and O–H groups in total. The maximum atomic E-state index is 9.28. The number of rotatable bonds is 6. The fourth-order valence-electron chi connectivity index (χ4n) is 2.54. The first-order chi connectivity index (χ1) is 9.74. The molecule has 5 heteroatoms. The third kappa shape index (κ3) is 3.69. The van der Waals surface area contributed by atoms with Crippen molar-refractivity contribution < 1.29 is 4.74 Å². The Labute approximate surface area is 120 Å². The summed E-state index contributed by atoms with van der Waals surface area (Å²) in [5.41, 5.74) is 1.56. The molecule has 1 fully saturated rings. The Bertz CT molecular complexity index is 477. The fourth-order valence-corrected chi connectivity index (χ4v) is 2.54. The SMILES string of the molecule is COCCN(CC1CCCN1)c1nc(C)ccc1C#N. The number of aryl methyl sites for hydroxylation is 1. The van der Waals surface area contributed by atoms with E-state index in [1.54, 1.807) is 7.11 Å². The molecule has 0 aliphatic carbocycles. The van der Waals surface area contributed by atoms with Crippen LogP contribution in [0.25, 0.3) is 0 Å². The van der Waals surface area contributed by atoms with Crippen molar-refractivity contribution in [1.29, 1.82) is 5.26 Å². The second-order valence-corrected chi connectivity index (χ2v) is 5.17. The minimum atomic E-state index is 0.473. The minimum absolute atomic E-state index is 0.473. The highest BCUT2D eigenvalue weighted by molar-refractivity contribution is 5.54. The van der Waals surface area contributed by atoms with Crippen LogP contribution in [0, 0.1) is 18.3 Å². The minimum Gasteiger partial charge on any atom is -0.383 e. The molecule has 1 aliphatic rings. The Morgan fingerprint density at radius 1 is 1.55 bits per heavy atom. The van der Waals surface area contributed by atoms with Crippen molar-refractivity contribution in [3.8, 4) is 6.07 Å². The van der Waals surface area contributed by atoms with Gasteiger partial charge in [0.05, 0.1) is 12.2 Å². The zero-order chi connectivity index (χ0) is 14.4. The number of hydrogen-bond acceptors (Lipinski definition) is 5. The predicted molar refractivity (Wildman–Crippen MR) is 78.8 cm³/mol. The van der Waals surface area contributed by atoms with E-state index < -0.39 is 0 Å². The molecule has 1 aromatic heterocycles. The highest BCUT2D eigenvalue weighted by Crippen LogP contribution is 2.19. The van der Waals surface area contributed by atoms with Gasteiger partial charge in [0.15, 0.2) is 0 Å². The molecule has 1 atom stereocenters. The molecule has 2 rings (SSSR count). The summed E-state index contributed by atoms with van der Waals surface area (Å²) in [6, 6.07) is 6.44. The lowest BCUT2D eigenvalue weighted by atomic mass is 10.2. The second-order valence-electron chi connectivity index (χ2n) is 5.17. The van der Waals surface area contributed by atoms with E-state index in [4.69, 9.17) is 4.74 Å². The number of aromatic nitrogens is 1. The predicted octanol–water partition coefficient (Wildman–Crippen LogP) is 1.47. The Morgan fingerprint density at radius 2 is 2.40 bits per heavy atom. The quantitative estimate of drug-likeness (QED) is 0.851. The number of nitriles is 1. The molecule has 0 aromatic carbocycles. The largest absolute Gasteiger partial charge is 0.383 e. The summed E-state index contributed by atoms with van der Waals surface area (Å²) in [4.78, 5) is 6.72. The smallest absolute Gasteiger partial charge is 0.146 e. The maximum Gasteiger partial charge on any atom is 0.146 e. The third-order valence-electron chi connectivity index (χ3n) is 3.60. The Balaban J connectivity index is 2.20. The van der Waals surface area contributed by atoms with E-state index in [9.17, 15) is 5.26 Å². The molecular formula is C15H22N4O. The van der Waals surface area contributed by atoms with Gasteiger partial charge in [-0.2, -0.15) is 5.26 Å². The molecule has 0 amide bonds. The summed E-state index contributed by atoms with van der Waals surface area (Å²) in [6.45, 7) is 5.28. The number of nitrogens with one attached hydrogen (secondary N) is 1. The molecule has 1 saturated heterocycles. The lowest BCUT2D eigenvalue weighted by Crippen LogP contribution is -2.40. The van der Waals surface area contributed by atoms with Crippen molar-refractivity contribution in [3.63, 3.8) is 0 Å². The van der Waals surface area contributed by atoms with Crippen LogP contribution >= 0.6 is 0 Å². The first-order valence-corrected chi connectivity index (χ1v) is 7.09. The first-order valence-electron chi connectivity index (χ1n) is 7.09. The number of pyridine rings is 1. The van der Waals surface area contributed by atoms with Gasteiger partial charge in [-0.3, -0.25) is 0 Å². The first kappa shape index (κ1) is 14.8. The van der Waals surface area contributed by atoms with Gasteiger partial charge in [0.2, 0.25) is 0 Å². The van der Waals surface area contributed by atoms with Gasteiger partial charge in [-0.15, -0.1) is 0 Å². The van der Waals surface area contributed by atoms with E-state index in [1.165, 1.54) is 12.8 Å². The van der Waals surface area contributed by atoms with Gasteiger partial charge in [0.25, 0.3) is 0 Å². The van der Waals surface area contributed by atoms with E-state index in [1.807, 2.05) is 19.1 Å². The van der Waals surface area contributed by atoms with Crippen LogP contribution < -0.4 is 10.2 Å². The molecule has 0 bridgehead atoms. The normalized spacial score (nSPS) is 17.9. The second kappa shape index (κ2) is 7.22. The van der Waals surface area contributed by atoms with E-state index in [2.05, 4.69) is 21.3 Å². The maximum absolute atomic E-state index is 9.28. The van der Waals surface area contributed by atoms with Gasteiger partial charge in [0.1, 0.15) is 11.9 Å². The van der Waals surface area contributed by atoms with Crippen molar-refractivity contribution in [2.24, 2.45) is 0 Å². The molecule has 1 aromatic rings. The number of ether oxygens (including phenoxy) is 1. The summed E-state index contributed by atoms with van der Waals surface area (Å²) in [6.07, 6.45) is 2.40. The van der Waals surface area contributed by atoms with Gasteiger partial charge < -0.3 is 15.0 Å². The molecule has 2 heterocycles. The van der Waals surface area contributed by atoms with Crippen molar-refractivity contribution in [2.45, 2.75) is 25.8 Å². The lowest BCUT2D eigenvalue weighted by molar-refractivity contribution is 0.204. The molecule has 0 radical (unpaired) electrons. The Kier molecular flexibility index (Phi) is 5.33. The average Bonchev–Trinajstić information content (AvgIpc) is 2.96. The summed E-state index contributed by atoms with van der Waals surface area (Å²) in [5, 5.41) is 12.8. The number of hydrogen-bond donors (Lipinski definition) is 1. The summed E-state index contributed by atoms with van der Waals surface area (Å²) in [7, 11) is 1.70. The van der Waals surface area contributed by atoms with Crippen LogP contribution in [0.15, 0.2) is 12.1 Å². The highest BCUT2D eigenvalue weighted by atomic mass is 16.5. The van der Waals surface area contributed by atoms with Gasteiger partial charge in [-0.25, -0.2) is 4.98 Å². The summed E-state index contributed by atoms with van der Waals surface area (Å²) in [5.74, 6) is 0.776. The molecular weight excluding hydrogens is 252 g/mol. The molecule has 108 valence electrons. The van der Waals surface area contributed by atoms with Crippen molar-refractivity contribution in [2.75, 3.05) is 38.3 Å². The van der Waals surface area contributed by atoms with E-state index in [-0.39, 0.29) is 0 Å². The molecule has 0 saturated carbocycles. The van der Waals surface area contributed by atoms with E-state index in [0.717, 1.165) is 31.1 Å². The molecule has 0 spiro atoms. The van der Waals surface area contributed by atoms with Crippen LogP contribution in [0.2, 0.25) is 0 Å². The monoisotopic (exact) mass is 274 g/mol. The lowest BCUT2D eigenvalue weighted by Gasteiger charge is -2.27.